The quantitative estimate of drug-likeness (QED) is 0.740. The molecule has 1 aromatic rings. The van der Waals surface area contributed by atoms with Gasteiger partial charge in [0.25, 0.3) is 5.91 Å². The second-order valence-electron chi connectivity index (χ2n) is 6.05. The molecule has 2 fully saturated rings. The van der Waals surface area contributed by atoms with Crippen molar-refractivity contribution in [2.24, 2.45) is 0 Å². The average Bonchev–Trinajstić information content (AvgIpc) is 3.13. The summed E-state index contributed by atoms with van der Waals surface area (Å²) in [6.07, 6.45) is 3.44. The van der Waals surface area contributed by atoms with Gasteiger partial charge in [-0.3, -0.25) is 9.69 Å². The number of pyridine rings is 1. The number of amides is 1. The maximum Gasteiger partial charge on any atom is 0.252 e. The van der Waals surface area contributed by atoms with Gasteiger partial charge in [-0.15, -0.1) is 0 Å². The van der Waals surface area contributed by atoms with E-state index in [2.05, 4.69) is 15.2 Å². The number of nitrogens with zero attached hydrogens (tertiary/aromatic N) is 2. The molecule has 3 heterocycles. The van der Waals surface area contributed by atoms with Crippen molar-refractivity contribution < 1.29 is 19.0 Å². The number of rotatable bonds is 7. The van der Waals surface area contributed by atoms with E-state index in [0.717, 1.165) is 52.3 Å². The van der Waals surface area contributed by atoms with E-state index >= 15 is 0 Å². The van der Waals surface area contributed by atoms with Gasteiger partial charge in [-0.1, -0.05) is 0 Å². The van der Waals surface area contributed by atoms with Gasteiger partial charge in [-0.25, -0.2) is 4.98 Å². The minimum absolute atomic E-state index is 0.0670. The molecule has 1 aromatic heterocycles. The summed E-state index contributed by atoms with van der Waals surface area (Å²) in [6, 6.07) is 3.48. The van der Waals surface area contributed by atoms with Crippen molar-refractivity contribution in [3.8, 4) is 5.88 Å². The van der Waals surface area contributed by atoms with E-state index in [1.807, 2.05) is 0 Å². The lowest BCUT2D eigenvalue weighted by atomic mass is 10.2. The lowest BCUT2D eigenvalue weighted by Gasteiger charge is -2.26. The van der Waals surface area contributed by atoms with Crippen LogP contribution in [0.2, 0.25) is 0 Å². The number of aromatic nitrogens is 1. The zero-order valence-electron chi connectivity index (χ0n) is 13.9. The molecule has 2 aliphatic rings. The summed E-state index contributed by atoms with van der Waals surface area (Å²) >= 11 is 0. The summed E-state index contributed by atoms with van der Waals surface area (Å²) < 4.78 is 16.3. The zero-order valence-corrected chi connectivity index (χ0v) is 13.9. The molecule has 132 valence electrons. The van der Waals surface area contributed by atoms with E-state index in [1.54, 1.807) is 18.3 Å². The number of morpholine rings is 1. The van der Waals surface area contributed by atoms with Gasteiger partial charge in [0.1, 0.15) is 6.10 Å². The third-order valence-electron chi connectivity index (χ3n) is 4.21. The first kappa shape index (κ1) is 17.1. The molecule has 7 nitrogen and oxygen atoms in total. The average molecular weight is 335 g/mol. The third kappa shape index (κ3) is 5.15. The fraction of sp³-hybridized carbons (Fsp3) is 0.647. The predicted molar refractivity (Wildman–Crippen MR) is 88.3 cm³/mol. The van der Waals surface area contributed by atoms with Crippen LogP contribution in [-0.4, -0.2) is 74.5 Å². The summed E-state index contributed by atoms with van der Waals surface area (Å²) in [7, 11) is 0. The summed E-state index contributed by atoms with van der Waals surface area (Å²) in [5, 5.41) is 2.93. The molecule has 7 heteroatoms. The Morgan fingerprint density at radius 2 is 2.17 bits per heavy atom. The molecule has 1 unspecified atom stereocenters. The van der Waals surface area contributed by atoms with Crippen molar-refractivity contribution in [3.63, 3.8) is 0 Å². The van der Waals surface area contributed by atoms with E-state index in [9.17, 15) is 4.79 Å². The Morgan fingerprint density at radius 1 is 1.29 bits per heavy atom. The molecule has 0 spiro atoms. The maximum absolute atomic E-state index is 12.1. The van der Waals surface area contributed by atoms with Crippen molar-refractivity contribution in [2.75, 3.05) is 52.6 Å². The lowest BCUT2D eigenvalue weighted by Crippen LogP contribution is -2.38. The van der Waals surface area contributed by atoms with E-state index in [1.165, 1.54) is 0 Å². The normalized spacial score (nSPS) is 21.6. The minimum atomic E-state index is -0.0970. The second-order valence-corrected chi connectivity index (χ2v) is 6.05. The molecule has 1 N–H and O–H groups in total. The van der Waals surface area contributed by atoms with Crippen molar-refractivity contribution in [1.82, 2.24) is 15.2 Å². The maximum atomic E-state index is 12.1. The molecule has 0 radical (unpaired) electrons. The van der Waals surface area contributed by atoms with Gasteiger partial charge in [0.2, 0.25) is 5.88 Å². The summed E-state index contributed by atoms with van der Waals surface area (Å²) in [5.41, 5.74) is 0.552. The van der Waals surface area contributed by atoms with Crippen LogP contribution in [0.5, 0.6) is 5.88 Å². The van der Waals surface area contributed by atoms with Gasteiger partial charge >= 0.3 is 0 Å². The van der Waals surface area contributed by atoms with Crippen LogP contribution in [-0.2, 0) is 9.47 Å². The Bertz CT molecular complexity index is 511. The van der Waals surface area contributed by atoms with Crippen LogP contribution in [0.25, 0.3) is 0 Å². The van der Waals surface area contributed by atoms with E-state index in [4.69, 9.17) is 14.2 Å². The van der Waals surface area contributed by atoms with Gasteiger partial charge in [-0.2, -0.15) is 0 Å². The first-order chi connectivity index (χ1) is 11.8. The summed E-state index contributed by atoms with van der Waals surface area (Å²) in [6.45, 7) is 6.55. The molecule has 1 atom stereocenters. The number of nitrogens with one attached hydrogen (secondary N) is 1. The Hall–Kier alpha value is -1.70. The molecule has 0 bridgehead atoms. The Morgan fingerprint density at radius 3 is 2.88 bits per heavy atom. The smallest absolute Gasteiger partial charge is 0.252 e. The van der Waals surface area contributed by atoms with Crippen LogP contribution in [0.3, 0.4) is 0 Å². The fourth-order valence-corrected chi connectivity index (χ4v) is 2.79. The van der Waals surface area contributed by atoms with Crippen LogP contribution in [0.4, 0.5) is 0 Å². The monoisotopic (exact) mass is 335 g/mol. The Kier molecular flexibility index (Phi) is 6.40. The van der Waals surface area contributed by atoms with E-state index in [0.29, 0.717) is 24.6 Å². The highest BCUT2D eigenvalue weighted by Gasteiger charge is 2.18. The van der Waals surface area contributed by atoms with E-state index < -0.39 is 0 Å². The second kappa shape index (κ2) is 8.96. The van der Waals surface area contributed by atoms with E-state index in [-0.39, 0.29) is 12.0 Å². The first-order valence-corrected chi connectivity index (χ1v) is 8.60. The summed E-state index contributed by atoms with van der Waals surface area (Å²) in [4.78, 5) is 18.7. The van der Waals surface area contributed by atoms with Crippen molar-refractivity contribution >= 4 is 5.91 Å². The molecule has 0 aliphatic carbocycles. The number of hydrogen-bond acceptors (Lipinski definition) is 6. The zero-order chi connectivity index (χ0) is 16.6. The Labute approximate surface area is 142 Å². The molecule has 0 aromatic carbocycles. The van der Waals surface area contributed by atoms with Gasteiger partial charge in [0.15, 0.2) is 0 Å². The third-order valence-corrected chi connectivity index (χ3v) is 4.21. The minimum Gasteiger partial charge on any atom is -0.472 e. The summed E-state index contributed by atoms with van der Waals surface area (Å²) in [5.74, 6) is 0.439. The molecular formula is C17H25N3O4. The highest BCUT2D eigenvalue weighted by molar-refractivity contribution is 5.93. The van der Waals surface area contributed by atoms with Crippen LogP contribution in [0, 0.1) is 0 Å². The number of ether oxygens (including phenoxy) is 3. The highest BCUT2D eigenvalue weighted by Crippen LogP contribution is 2.14. The largest absolute Gasteiger partial charge is 0.472 e. The molecule has 1 amide bonds. The molecule has 2 saturated heterocycles. The number of carbonyl (C=O) groups excluding carboxylic acids is 1. The topological polar surface area (TPSA) is 72.9 Å². The highest BCUT2D eigenvalue weighted by atomic mass is 16.5. The number of carbonyl (C=O) groups is 1. The molecule has 3 rings (SSSR count). The van der Waals surface area contributed by atoms with Crippen LogP contribution < -0.4 is 10.1 Å². The standard InChI is InChI=1S/C17H25N3O4/c21-17(18-5-1-6-20-7-10-22-11-8-20)14-2-3-16(19-12-14)24-15-4-9-23-13-15/h2-3,12,15H,1,4-11,13H2,(H,18,21). The lowest BCUT2D eigenvalue weighted by molar-refractivity contribution is 0.0374. The van der Waals surface area contributed by atoms with Gasteiger partial charge < -0.3 is 19.5 Å². The van der Waals surface area contributed by atoms with Crippen molar-refractivity contribution in [3.05, 3.63) is 23.9 Å². The predicted octanol–water partition coefficient (Wildman–Crippen LogP) is 0.701. The Balaban J connectivity index is 1.36. The molecule has 24 heavy (non-hydrogen) atoms. The number of hydrogen-bond donors (Lipinski definition) is 1. The SMILES string of the molecule is O=C(NCCCN1CCOCC1)c1ccc(OC2CCOC2)nc1. The van der Waals surface area contributed by atoms with Crippen molar-refractivity contribution in [1.29, 1.82) is 0 Å². The van der Waals surface area contributed by atoms with Crippen LogP contribution >= 0.6 is 0 Å². The molecular weight excluding hydrogens is 310 g/mol. The fourth-order valence-electron chi connectivity index (χ4n) is 2.79. The van der Waals surface area contributed by atoms with Gasteiger partial charge in [0, 0.05) is 38.3 Å². The van der Waals surface area contributed by atoms with Gasteiger partial charge in [-0.05, 0) is 19.0 Å². The van der Waals surface area contributed by atoms with Crippen LogP contribution in [0.15, 0.2) is 18.3 Å². The molecule has 0 saturated carbocycles. The van der Waals surface area contributed by atoms with Gasteiger partial charge in [0.05, 0.1) is 32.0 Å². The first-order valence-electron chi connectivity index (χ1n) is 8.60. The molecule has 2 aliphatic heterocycles. The van der Waals surface area contributed by atoms with Crippen molar-refractivity contribution in [2.45, 2.75) is 18.9 Å². The van der Waals surface area contributed by atoms with Crippen LogP contribution in [0.1, 0.15) is 23.2 Å².